The van der Waals surface area contributed by atoms with Crippen molar-refractivity contribution in [1.82, 2.24) is 4.98 Å². The first-order valence-electron chi connectivity index (χ1n) is 7.93. The second-order valence-electron chi connectivity index (χ2n) is 5.70. The molecule has 1 amide bonds. The van der Waals surface area contributed by atoms with Gasteiger partial charge < -0.3 is 14.8 Å². The molecule has 0 bridgehead atoms. The lowest BCUT2D eigenvalue weighted by Crippen LogP contribution is -2.08. The number of amides is 1. The number of anilines is 1. The Bertz CT molecular complexity index is 725. The summed E-state index contributed by atoms with van der Waals surface area (Å²) < 4.78 is 11.1. The molecule has 1 fully saturated rings. The molecular weight excluding hydrogens is 304 g/mol. The highest BCUT2D eigenvalue weighted by molar-refractivity contribution is 5.99. The highest BCUT2D eigenvalue weighted by Crippen LogP contribution is 2.31. The van der Waals surface area contributed by atoms with Crippen LogP contribution in [0.4, 0.5) is 5.69 Å². The van der Waals surface area contributed by atoms with E-state index in [0.29, 0.717) is 29.7 Å². The predicted octanol–water partition coefficient (Wildman–Crippen LogP) is 3.57. The van der Waals surface area contributed by atoms with E-state index in [9.17, 15) is 4.79 Å². The molecule has 0 radical (unpaired) electrons. The summed E-state index contributed by atoms with van der Waals surface area (Å²) in [5.74, 6) is 1.63. The summed E-state index contributed by atoms with van der Waals surface area (Å²) in [6.45, 7) is 0.378. The maximum absolute atomic E-state index is 11.9. The number of hydrogen-bond donors (Lipinski definition) is 1. The van der Waals surface area contributed by atoms with Crippen molar-refractivity contribution in [3.63, 3.8) is 0 Å². The van der Waals surface area contributed by atoms with Gasteiger partial charge in [-0.3, -0.25) is 9.78 Å². The molecule has 2 aromatic rings. The molecule has 1 aromatic heterocycles. The number of carbonyl (C=O) groups excluding carboxylic acids is 1. The van der Waals surface area contributed by atoms with Crippen LogP contribution in [0.3, 0.4) is 0 Å². The molecule has 0 spiro atoms. The molecule has 1 saturated carbocycles. The van der Waals surface area contributed by atoms with Crippen molar-refractivity contribution in [3.05, 3.63) is 60.4 Å². The van der Waals surface area contributed by atoms with Gasteiger partial charge in [0.25, 0.3) is 0 Å². The fourth-order valence-electron chi connectivity index (χ4n) is 2.21. The summed E-state index contributed by atoms with van der Waals surface area (Å²) in [5, 5.41) is 2.84. The summed E-state index contributed by atoms with van der Waals surface area (Å²) in [5.41, 5.74) is 1.63. The lowest BCUT2D eigenvalue weighted by molar-refractivity contribution is -0.111. The number of rotatable bonds is 7. The molecular formula is C19H20N2O3. The smallest absolute Gasteiger partial charge is 0.248 e. The minimum atomic E-state index is -0.134. The predicted molar refractivity (Wildman–Crippen MR) is 92.1 cm³/mol. The van der Waals surface area contributed by atoms with Crippen LogP contribution in [0.5, 0.6) is 11.5 Å². The Morgan fingerprint density at radius 3 is 2.92 bits per heavy atom. The van der Waals surface area contributed by atoms with Crippen molar-refractivity contribution in [1.29, 1.82) is 0 Å². The standard InChI is InChI=1S/C19H20N2O3/c1-23-17-8-7-16(21-19(22)9-6-14-4-5-14)11-18(17)24-13-15-3-2-10-20-12-15/h2-3,6-12,14H,4-5,13H2,1H3,(H,21,22). The van der Waals surface area contributed by atoms with Crippen LogP contribution >= 0.6 is 0 Å². The van der Waals surface area contributed by atoms with Crippen LogP contribution in [0.15, 0.2) is 54.9 Å². The Labute approximate surface area is 141 Å². The number of pyridine rings is 1. The first-order valence-corrected chi connectivity index (χ1v) is 7.93. The van der Waals surface area contributed by atoms with Crippen LogP contribution < -0.4 is 14.8 Å². The summed E-state index contributed by atoms with van der Waals surface area (Å²) in [6, 6.07) is 9.13. The molecule has 124 valence electrons. The SMILES string of the molecule is COc1ccc(NC(=O)C=CC2CC2)cc1OCc1cccnc1. The zero-order valence-corrected chi connectivity index (χ0v) is 13.6. The minimum Gasteiger partial charge on any atom is -0.493 e. The topological polar surface area (TPSA) is 60.5 Å². The third-order valence-electron chi connectivity index (χ3n) is 3.69. The van der Waals surface area contributed by atoms with Gasteiger partial charge in [-0.05, 0) is 43.0 Å². The van der Waals surface area contributed by atoms with Crippen molar-refractivity contribution in [2.24, 2.45) is 5.92 Å². The lowest BCUT2D eigenvalue weighted by atomic mass is 10.2. The molecule has 24 heavy (non-hydrogen) atoms. The third kappa shape index (κ3) is 4.59. The Balaban J connectivity index is 1.66. The number of allylic oxidation sites excluding steroid dienone is 1. The van der Waals surface area contributed by atoms with Crippen LogP contribution in [-0.2, 0) is 11.4 Å². The van der Waals surface area contributed by atoms with Crippen LogP contribution in [0.2, 0.25) is 0 Å². The first-order chi connectivity index (χ1) is 11.7. The van der Waals surface area contributed by atoms with E-state index >= 15 is 0 Å². The van der Waals surface area contributed by atoms with Gasteiger partial charge >= 0.3 is 0 Å². The molecule has 1 N–H and O–H groups in total. The maximum Gasteiger partial charge on any atom is 0.248 e. The number of aromatic nitrogens is 1. The van der Waals surface area contributed by atoms with Gasteiger partial charge in [0.2, 0.25) is 5.91 Å². The maximum atomic E-state index is 11.9. The summed E-state index contributed by atoms with van der Waals surface area (Å²) >= 11 is 0. The zero-order valence-electron chi connectivity index (χ0n) is 13.6. The molecule has 1 aromatic carbocycles. The number of benzene rings is 1. The number of carbonyl (C=O) groups is 1. The van der Waals surface area contributed by atoms with E-state index in [1.807, 2.05) is 18.2 Å². The first kappa shape index (κ1) is 16.1. The van der Waals surface area contributed by atoms with E-state index in [-0.39, 0.29) is 5.91 Å². The third-order valence-corrected chi connectivity index (χ3v) is 3.69. The molecule has 0 unspecified atom stereocenters. The molecule has 0 aliphatic heterocycles. The number of methoxy groups -OCH3 is 1. The van der Waals surface area contributed by atoms with Gasteiger partial charge in [0.15, 0.2) is 11.5 Å². The normalized spacial score (nSPS) is 13.7. The van der Waals surface area contributed by atoms with Crippen molar-refractivity contribution in [2.75, 3.05) is 12.4 Å². The van der Waals surface area contributed by atoms with Crippen molar-refractivity contribution in [2.45, 2.75) is 19.4 Å². The largest absolute Gasteiger partial charge is 0.493 e. The Hall–Kier alpha value is -2.82. The Morgan fingerprint density at radius 1 is 1.33 bits per heavy atom. The molecule has 1 heterocycles. The van der Waals surface area contributed by atoms with Gasteiger partial charge in [0, 0.05) is 29.7 Å². The molecule has 5 heteroatoms. The van der Waals surface area contributed by atoms with Crippen LogP contribution in [0.25, 0.3) is 0 Å². The lowest BCUT2D eigenvalue weighted by Gasteiger charge is -2.12. The van der Waals surface area contributed by atoms with Crippen LogP contribution in [0.1, 0.15) is 18.4 Å². The second-order valence-corrected chi connectivity index (χ2v) is 5.70. The summed E-state index contributed by atoms with van der Waals surface area (Å²) in [4.78, 5) is 16.0. The number of nitrogens with zero attached hydrogens (tertiary/aromatic N) is 1. The van der Waals surface area contributed by atoms with Crippen LogP contribution in [0, 0.1) is 5.92 Å². The minimum absolute atomic E-state index is 0.134. The number of hydrogen-bond acceptors (Lipinski definition) is 4. The van der Waals surface area contributed by atoms with E-state index in [0.717, 1.165) is 5.56 Å². The second kappa shape index (κ2) is 7.64. The van der Waals surface area contributed by atoms with E-state index in [1.165, 1.54) is 12.8 Å². The molecule has 1 aliphatic rings. The van der Waals surface area contributed by atoms with E-state index < -0.39 is 0 Å². The van der Waals surface area contributed by atoms with E-state index in [2.05, 4.69) is 10.3 Å². The van der Waals surface area contributed by atoms with Crippen LogP contribution in [-0.4, -0.2) is 18.0 Å². The molecule has 1 aliphatic carbocycles. The van der Waals surface area contributed by atoms with Crippen molar-refractivity contribution >= 4 is 11.6 Å². The molecule has 5 nitrogen and oxygen atoms in total. The monoisotopic (exact) mass is 324 g/mol. The average Bonchev–Trinajstić information content (AvgIpc) is 3.44. The van der Waals surface area contributed by atoms with Crippen molar-refractivity contribution < 1.29 is 14.3 Å². The number of nitrogens with one attached hydrogen (secondary N) is 1. The van der Waals surface area contributed by atoms with E-state index in [1.54, 1.807) is 43.8 Å². The highest BCUT2D eigenvalue weighted by Gasteiger charge is 2.17. The van der Waals surface area contributed by atoms with Gasteiger partial charge in [0.05, 0.1) is 7.11 Å². The molecule has 0 saturated heterocycles. The van der Waals surface area contributed by atoms with Gasteiger partial charge in [-0.25, -0.2) is 0 Å². The van der Waals surface area contributed by atoms with Gasteiger partial charge in [-0.2, -0.15) is 0 Å². The summed E-state index contributed by atoms with van der Waals surface area (Å²) in [6.07, 6.45) is 9.38. The fraction of sp³-hybridized carbons (Fsp3) is 0.263. The zero-order chi connectivity index (χ0) is 16.8. The highest BCUT2D eigenvalue weighted by atomic mass is 16.5. The number of ether oxygens (including phenoxy) is 2. The fourth-order valence-corrected chi connectivity index (χ4v) is 2.21. The van der Waals surface area contributed by atoms with Gasteiger partial charge in [-0.15, -0.1) is 0 Å². The molecule has 3 rings (SSSR count). The Morgan fingerprint density at radius 2 is 2.21 bits per heavy atom. The van der Waals surface area contributed by atoms with E-state index in [4.69, 9.17) is 9.47 Å². The van der Waals surface area contributed by atoms with Gasteiger partial charge in [-0.1, -0.05) is 12.1 Å². The van der Waals surface area contributed by atoms with Gasteiger partial charge in [0.1, 0.15) is 6.61 Å². The summed E-state index contributed by atoms with van der Waals surface area (Å²) in [7, 11) is 1.59. The quantitative estimate of drug-likeness (QED) is 0.791. The average molecular weight is 324 g/mol. The van der Waals surface area contributed by atoms with Crippen molar-refractivity contribution in [3.8, 4) is 11.5 Å². The Kier molecular flexibility index (Phi) is 5.11. The molecule has 0 atom stereocenters.